The Morgan fingerprint density at radius 1 is 1.31 bits per heavy atom. The summed E-state index contributed by atoms with van der Waals surface area (Å²) in [6, 6.07) is 5.17. The van der Waals surface area contributed by atoms with Gasteiger partial charge in [0.05, 0.1) is 0 Å². The van der Waals surface area contributed by atoms with Gasteiger partial charge in [-0.05, 0) is 24.1 Å². The number of benzene rings is 1. The lowest BCUT2D eigenvalue weighted by Gasteiger charge is -2.00. The quantitative estimate of drug-likeness (QED) is 0.650. The Balaban J connectivity index is 3.15. The molecule has 1 aromatic rings. The number of aldehydes is 1. The molecular formula is C11H11O2. The fraction of sp³-hybridized carbons (Fsp3) is 0.182. The number of rotatable bonds is 3. The number of hydrogen-bond acceptors (Lipinski definition) is 1. The van der Waals surface area contributed by atoms with E-state index < -0.39 is 0 Å². The predicted molar refractivity (Wildman–Crippen MR) is 50.9 cm³/mol. The van der Waals surface area contributed by atoms with E-state index in [0.29, 0.717) is 11.1 Å². The van der Waals surface area contributed by atoms with Crippen LogP contribution < -0.4 is 0 Å². The summed E-state index contributed by atoms with van der Waals surface area (Å²) < 4.78 is 0. The van der Waals surface area contributed by atoms with Crippen molar-refractivity contribution >= 4 is 12.4 Å². The molecule has 0 bridgehead atoms. The zero-order valence-electron chi connectivity index (χ0n) is 7.49. The fourth-order valence-electron chi connectivity index (χ4n) is 1.15. The van der Waals surface area contributed by atoms with Gasteiger partial charge in [0, 0.05) is 5.56 Å². The van der Waals surface area contributed by atoms with Crippen molar-refractivity contribution in [2.75, 3.05) is 0 Å². The maximum atomic E-state index is 10.6. The molecule has 1 aromatic carbocycles. The first kappa shape index (κ1) is 9.68. The first-order valence-electron chi connectivity index (χ1n) is 4.10. The van der Waals surface area contributed by atoms with E-state index in [9.17, 15) is 9.90 Å². The Labute approximate surface area is 77.5 Å². The van der Waals surface area contributed by atoms with E-state index in [1.807, 2.05) is 19.1 Å². The molecule has 67 valence electrons. The molecule has 0 fully saturated rings. The van der Waals surface area contributed by atoms with Gasteiger partial charge < -0.3 is 0 Å². The van der Waals surface area contributed by atoms with Gasteiger partial charge in [0.15, 0.2) is 6.29 Å². The van der Waals surface area contributed by atoms with E-state index in [0.717, 1.165) is 11.8 Å². The monoisotopic (exact) mass is 175 g/mol. The number of carbonyl (C=O) groups excluding carboxylic acids is 1. The molecule has 0 aliphatic rings. The van der Waals surface area contributed by atoms with Gasteiger partial charge in [-0.3, -0.25) is 4.79 Å². The minimum Gasteiger partial charge on any atom is -0.298 e. The largest absolute Gasteiger partial charge is 0.298 e. The van der Waals surface area contributed by atoms with Crippen LogP contribution in [0.25, 0.3) is 6.08 Å². The highest BCUT2D eigenvalue weighted by atomic mass is 16.3. The van der Waals surface area contributed by atoms with E-state index in [1.165, 1.54) is 0 Å². The van der Waals surface area contributed by atoms with Crippen molar-refractivity contribution in [1.82, 2.24) is 0 Å². The average molecular weight is 175 g/mol. The SMILES string of the molecule is C/C=C/c1ccc(C[O])cc1C=O. The summed E-state index contributed by atoms with van der Waals surface area (Å²) in [4.78, 5) is 10.6. The average Bonchev–Trinajstić information content (AvgIpc) is 2.19. The van der Waals surface area contributed by atoms with Crippen LogP contribution in [0.4, 0.5) is 0 Å². The summed E-state index contributed by atoms with van der Waals surface area (Å²) in [5.41, 5.74) is 2.08. The molecule has 0 N–H and O–H groups in total. The molecule has 0 aliphatic heterocycles. The third kappa shape index (κ3) is 2.26. The number of allylic oxidation sites excluding steroid dienone is 1. The minimum atomic E-state index is -0.281. The van der Waals surface area contributed by atoms with Crippen LogP contribution in [0.3, 0.4) is 0 Å². The third-order valence-corrected chi connectivity index (χ3v) is 1.79. The summed E-state index contributed by atoms with van der Waals surface area (Å²) in [6.07, 6.45) is 4.48. The lowest BCUT2D eigenvalue weighted by molar-refractivity contribution is 0.112. The molecule has 1 radical (unpaired) electrons. The lowest BCUT2D eigenvalue weighted by atomic mass is 10.0. The van der Waals surface area contributed by atoms with Crippen LogP contribution >= 0.6 is 0 Å². The van der Waals surface area contributed by atoms with E-state index in [4.69, 9.17) is 0 Å². The molecule has 13 heavy (non-hydrogen) atoms. The van der Waals surface area contributed by atoms with E-state index in [-0.39, 0.29) is 6.61 Å². The molecule has 0 atom stereocenters. The molecule has 0 saturated carbocycles. The van der Waals surface area contributed by atoms with Crippen LogP contribution in [-0.4, -0.2) is 6.29 Å². The van der Waals surface area contributed by atoms with Gasteiger partial charge in [-0.2, -0.15) is 0 Å². The van der Waals surface area contributed by atoms with Crippen molar-refractivity contribution in [2.24, 2.45) is 0 Å². The van der Waals surface area contributed by atoms with Crippen molar-refractivity contribution in [3.63, 3.8) is 0 Å². The van der Waals surface area contributed by atoms with Crippen molar-refractivity contribution in [3.8, 4) is 0 Å². The molecule has 0 saturated heterocycles. The van der Waals surface area contributed by atoms with Gasteiger partial charge in [-0.25, -0.2) is 5.11 Å². The van der Waals surface area contributed by atoms with Crippen molar-refractivity contribution in [2.45, 2.75) is 13.5 Å². The maximum absolute atomic E-state index is 10.6. The summed E-state index contributed by atoms with van der Waals surface area (Å²) in [7, 11) is 0. The van der Waals surface area contributed by atoms with Crippen molar-refractivity contribution in [3.05, 3.63) is 41.0 Å². The normalized spacial score (nSPS) is 10.6. The topological polar surface area (TPSA) is 37.0 Å². The Bertz CT molecular complexity index is 327. The van der Waals surface area contributed by atoms with E-state index in [2.05, 4.69) is 0 Å². The van der Waals surface area contributed by atoms with Crippen LogP contribution in [0.2, 0.25) is 0 Å². The predicted octanol–water partition coefficient (Wildman–Crippen LogP) is 2.46. The van der Waals surface area contributed by atoms with E-state index in [1.54, 1.807) is 18.2 Å². The molecule has 0 spiro atoms. The Morgan fingerprint density at radius 2 is 2.08 bits per heavy atom. The van der Waals surface area contributed by atoms with Gasteiger partial charge >= 0.3 is 0 Å². The highest BCUT2D eigenvalue weighted by Crippen LogP contribution is 2.12. The second-order valence-corrected chi connectivity index (χ2v) is 2.73. The molecule has 0 unspecified atom stereocenters. The lowest BCUT2D eigenvalue weighted by Crippen LogP contribution is -1.89. The third-order valence-electron chi connectivity index (χ3n) is 1.79. The zero-order valence-corrected chi connectivity index (χ0v) is 7.49. The minimum absolute atomic E-state index is 0.281. The first-order chi connectivity index (χ1) is 6.31. The highest BCUT2D eigenvalue weighted by Gasteiger charge is 1.99. The van der Waals surface area contributed by atoms with Crippen LogP contribution in [0.1, 0.15) is 28.4 Å². The smallest absolute Gasteiger partial charge is 0.150 e. The standard InChI is InChI=1S/C11H11O2/c1-2-3-10-5-4-9(7-12)6-11(10)8-13/h2-6,8H,7H2,1H3/b3-2+. The van der Waals surface area contributed by atoms with Crippen LogP contribution in [0, 0.1) is 0 Å². The van der Waals surface area contributed by atoms with Gasteiger partial charge in [0.25, 0.3) is 0 Å². The van der Waals surface area contributed by atoms with E-state index >= 15 is 0 Å². The van der Waals surface area contributed by atoms with Crippen LogP contribution in [0.15, 0.2) is 24.3 Å². The van der Waals surface area contributed by atoms with Gasteiger partial charge in [0.2, 0.25) is 0 Å². The summed E-state index contributed by atoms with van der Waals surface area (Å²) >= 11 is 0. The van der Waals surface area contributed by atoms with Gasteiger partial charge in [-0.1, -0.05) is 24.3 Å². The molecule has 2 heteroatoms. The fourth-order valence-corrected chi connectivity index (χ4v) is 1.15. The Kier molecular flexibility index (Phi) is 3.41. The van der Waals surface area contributed by atoms with Crippen LogP contribution in [-0.2, 0) is 11.7 Å². The van der Waals surface area contributed by atoms with Crippen molar-refractivity contribution in [1.29, 1.82) is 0 Å². The maximum Gasteiger partial charge on any atom is 0.150 e. The molecule has 2 nitrogen and oxygen atoms in total. The van der Waals surface area contributed by atoms with Crippen molar-refractivity contribution < 1.29 is 9.90 Å². The Morgan fingerprint density at radius 3 is 2.62 bits per heavy atom. The Hall–Kier alpha value is -1.41. The second-order valence-electron chi connectivity index (χ2n) is 2.73. The second kappa shape index (κ2) is 4.58. The first-order valence-corrected chi connectivity index (χ1v) is 4.10. The molecule has 0 heterocycles. The molecular weight excluding hydrogens is 164 g/mol. The molecule has 1 rings (SSSR count). The van der Waals surface area contributed by atoms with Crippen LogP contribution in [0.5, 0.6) is 0 Å². The van der Waals surface area contributed by atoms with Gasteiger partial charge in [0.1, 0.15) is 6.61 Å². The number of carbonyl (C=O) groups is 1. The summed E-state index contributed by atoms with van der Waals surface area (Å²) in [5, 5.41) is 10.5. The molecule has 0 amide bonds. The summed E-state index contributed by atoms with van der Waals surface area (Å²) in [6.45, 7) is 1.60. The number of hydrogen-bond donors (Lipinski definition) is 0. The highest BCUT2D eigenvalue weighted by molar-refractivity contribution is 5.82. The molecule has 0 aromatic heterocycles. The zero-order chi connectivity index (χ0) is 9.68. The molecule has 0 aliphatic carbocycles. The van der Waals surface area contributed by atoms with Gasteiger partial charge in [-0.15, -0.1) is 0 Å². The summed E-state index contributed by atoms with van der Waals surface area (Å²) in [5.74, 6) is 0.